The van der Waals surface area contributed by atoms with E-state index in [0.29, 0.717) is 0 Å². The molecule has 0 aromatic carbocycles. The minimum absolute atomic E-state index is 0.190. The van der Waals surface area contributed by atoms with E-state index in [0.717, 1.165) is 19.8 Å². The molecule has 0 aliphatic carbocycles. The van der Waals surface area contributed by atoms with Gasteiger partial charge in [0.05, 0.1) is 13.2 Å². The Morgan fingerprint density at radius 2 is 2.00 bits per heavy atom. The Morgan fingerprint density at radius 1 is 1.50 bits per heavy atom. The number of rotatable bonds is 3. The van der Waals surface area contributed by atoms with Crippen LogP contribution in [0.4, 0.5) is 0 Å². The van der Waals surface area contributed by atoms with Crippen molar-refractivity contribution in [2.24, 2.45) is 0 Å². The highest BCUT2D eigenvalue weighted by atomic mass is 16.6. The lowest BCUT2D eigenvalue weighted by molar-refractivity contribution is 0.162. The molecule has 10 heavy (non-hydrogen) atoms. The Bertz CT molecular complexity index is 59.9. The van der Waals surface area contributed by atoms with Gasteiger partial charge in [0.2, 0.25) is 0 Å². The number of aliphatic hydroxyl groups is 1. The van der Waals surface area contributed by atoms with Crippen LogP contribution < -0.4 is 0 Å². The SMILES string of the molecule is CCOCC.OCC1CO1. The first-order valence-electron chi connectivity index (χ1n) is 3.65. The van der Waals surface area contributed by atoms with Gasteiger partial charge in [0, 0.05) is 13.2 Å². The fourth-order valence-corrected chi connectivity index (χ4v) is 0.378. The standard InChI is InChI=1S/C4H10O.C3H6O2/c1-3-5-4-2;4-1-3-2-5-3/h3-4H2,1-2H3;3-4H,1-2H2. The van der Waals surface area contributed by atoms with Crippen LogP contribution in [0.3, 0.4) is 0 Å². The first-order valence-corrected chi connectivity index (χ1v) is 3.65. The molecule has 62 valence electrons. The zero-order chi connectivity index (χ0) is 7.82. The molecule has 3 heteroatoms. The van der Waals surface area contributed by atoms with Gasteiger partial charge < -0.3 is 14.6 Å². The van der Waals surface area contributed by atoms with Gasteiger partial charge in [-0.3, -0.25) is 0 Å². The van der Waals surface area contributed by atoms with Crippen LogP contribution in [0, 0.1) is 0 Å². The van der Waals surface area contributed by atoms with Gasteiger partial charge in [0.1, 0.15) is 6.10 Å². The van der Waals surface area contributed by atoms with Gasteiger partial charge in [-0.1, -0.05) is 0 Å². The van der Waals surface area contributed by atoms with Crippen LogP contribution >= 0.6 is 0 Å². The van der Waals surface area contributed by atoms with E-state index in [1.807, 2.05) is 13.8 Å². The van der Waals surface area contributed by atoms with E-state index in [9.17, 15) is 0 Å². The molecule has 1 heterocycles. The molecule has 0 bridgehead atoms. The average Bonchev–Trinajstić information content (AvgIpc) is 2.72. The van der Waals surface area contributed by atoms with Crippen LogP contribution in [0.25, 0.3) is 0 Å². The molecule has 1 unspecified atom stereocenters. The summed E-state index contributed by atoms with van der Waals surface area (Å²) >= 11 is 0. The third kappa shape index (κ3) is 7.88. The van der Waals surface area contributed by atoms with E-state index in [2.05, 4.69) is 4.74 Å². The lowest BCUT2D eigenvalue weighted by Gasteiger charge is -1.86. The molecular formula is C7H16O3. The topological polar surface area (TPSA) is 42.0 Å². The highest BCUT2D eigenvalue weighted by molar-refractivity contribution is 4.65. The van der Waals surface area contributed by atoms with Crippen LogP contribution in [0.15, 0.2) is 0 Å². The van der Waals surface area contributed by atoms with Crippen LogP contribution in [0.2, 0.25) is 0 Å². The second-order valence-electron chi connectivity index (χ2n) is 1.92. The molecule has 1 aliphatic rings. The van der Waals surface area contributed by atoms with E-state index in [-0.39, 0.29) is 12.7 Å². The normalized spacial score (nSPS) is 21.3. The third-order valence-corrected chi connectivity index (χ3v) is 1.01. The minimum Gasteiger partial charge on any atom is -0.394 e. The van der Waals surface area contributed by atoms with E-state index < -0.39 is 0 Å². The molecular weight excluding hydrogens is 132 g/mol. The molecule has 1 saturated heterocycles. The van der Waals surface area contributed by atoms with Gasteiger partial charge >= 0.3 is 0 Å². The molecule has 1 aliphatic heterocycles. The van der Waals surface area contributed by atoms with Crippen molar-refractivity contribution in [2.75, 3.05) is 26.4 Å². The maximum Gasteiger partial charge on any atom is 0.104 e. The number of ether oxygens (including phenoxy) is 2. The Kier molecular flexibility index (Phi) is 6.91. The quantitative estimate of drug-likeness (QED) is 0.590. The fraction of sp³-hybridized carbons (Fsp3) is 1.00. The second-order valence-corrected chi connectivity index (χ2v) is 1.92. The average molecular weight is 148 g/mol. The van der Waals surface area contributed by atoms with E-state index >= 15 is 0 Å². The Hall–Kier alpha value is -0.120. The molecule has 1 atom stereocenters. The predicted molar refractivity (Wildman–Crippen MR) is 39.0 cm³/mol. The molecule has 0 saturated carbocycles. The summed E-state index contributed by atoms with van der Waals surface area (Å²) in [6.07, 6.45) is 0.190. The zero-order valence-corrected chi connectivity index (χ0v) is 6.67. The van der Waals surface area contributed by atoms with Crippen LogP contribution in [0.1, 0.15) is 13.8 Å². The van der Waals surface area contributed by atoms with E-state index in [1.165, 1.54) is 0 Å². The number of hydrogen-bond acceptors (Lipinski definition) is 3. The molecule has 3 nitrogen and oxygen atoms in total. The Balaban J connectivity index is 0.000000162. The van der Waals surface area contributed by atoms with E-state index in [4.69, 9.17) is 9.84 Å². The number of aliphatic hydroxyl groups excluding tert-OH is 1. The minimum atomic E-state index is 0.190. The van der Waals surface area contributed by atoms with Gasteiger partial charge in [-0.15, -0.1) is 0 Å². The van der Waals surface area contributed by atoms with Crippen molar-refractivity contribution in [3.8, 4) is 0 Å². The van der Waals surface area contributed by atoms with Crippen molar-refractivity contribution in [3.63, 3.8) is 0 Å². The molecule has 1 fully saturated rings. The smallest absolute Gasteiger partial charge is 0.104 e. The van der Waals surface area contributed by atoms with Crippen molar-refractivity contribution >= 4 is 0 Å². The monoisotopic (exact) mass is 148 g/mol. The predicted octanol–water partition coefficient (Wildman–Crippen LogP) is 0.420. The molecule has 0 radical (unpaired) electrons. The van der Waals surface area contributed by atoms with Crippen molar-refractivity contribution in [2.45, 2.75) is 20.0 Å². The largest absolute Gasteiger partial charge is 0.394 e. The summed E-state index contributed by atoms with van der Waals surface area (Å²) in [7, 11) is 0. The van der Waals surface area contributed by atoms with Gasteiger partial charge in [-0.25, -0.2) is 0 Å². The maximum absolute atomic E-state index is 8.08. The molecule has 1 N–H and O–H groups in total. The molecule has 0 amide bonds. The summed E-state index contributed by atoms with van der Waals surface area (Å²) in [5.41, 5.74) is 0. The molecule has 1 rings (SSSR count). The lowest BCUT2D eigenvalue weighted by Crippen LogP contribution is -1.88. The highest BCUT2D eigenvalue weighted by Gasteiger charge is 2.19. The maximum atomic E-state index is 8.08. The first kappa shape index (κ1) is 9.88. The Labute approximate surface area is 62.0 Å². The van der Waals surface area contributed by atoms with Crippen LogP contribution in [-0.2, 0) is 9.47 Å². The third-order valence-electron chi connectivity index (χ3n) is 1.01. The lowest BCUT2D eigenvalue weighted by atomic mass is 10.5. The van der Waals surface area contributed by atoms with E-state index in [1.54, 1.807) is 0 Å². The highest BCUT2D eigenvalue weighted by Crippen LogP contribution is 2.04. The van der Waals surface area contributed by atoms with Crippen molar-refractivity contribution in [3.05, 3.63) is 0 Å². The number of epoxide rings is 1. The fourth-order valence-electron chi connectivity index (χ4n) is 0.378. The summed E-state index contributed by atoms with van der Waals surface area (Å²) in [6.45, 7) is 6.62. The van der Waals surface area contributed by atoms with Gasteiger partial charge in [-0.2, -0.15) is 0 Å². The van der Waals surface area contributed by atoms with Gasteiger partial charge in [0.15, 0.2) is 0 Å². The van der Waals surface area contributed by atoms with Gasteiger partial charge in [-0.05, 0) is 13.8 Å². The van der Waals surface area contributed by atoms with Crippen LogP contribution in [0.5, 0.6) is 0 Å². The molecule has 0 aromatic heterocycles. The Morgan fingerprint density at radius 3 is 2.00 bits per heavy atom. The summed E-state index contributed by atoms with van der Waals surface area (Å²) in [5.74, 6) is 0. The molecule has 0 spiro atoms. The number of hydrogen-bond donors (Lipinski definition) is 1. The van der Waals surface area contributed by atoms with Crippen LogP contribution in [-0.4, -0.2) is 37.6 Å². The summed E-state index contributed by atoms with van der Waals surface area (Å²) < 4.78 is 9.44. The molecule has 0 aromatic rings. The zero-order valence-electron chi connectivity index (χ0n) is 6.67. The summed E-state index contributed by atoms with van der Waals surface area (Å²) in [6, 6.07) is 0. The van der Waals surface area contributed by atoms with Crippen molar-refractivity contribution in [1.29, 1.82) is 0 Å². The van der Waals surface area contributed by atoms with Crippen molar-refractivity contribution < 1.29 is 14.6 Å². The second kappa shape index (κ2) is 6.99. The summed E-state index contributed by atoms with van der Waals surface area (Å²) in [5, 5.41) is 8.08. The summed E-state index contributed by atoms with van der Waals surface area (Å²) in [4.78, 5) is 0. The van der Waals surface area contributed by atoms with Gasteiger partial charge in [0.25, 0.3) is 0 Å². The first-order chi connectivity index (χ1) is 4.85. The van der Waals surface area contributed by atoms with Crippen molar-refractivity contribution in [1.82, 2.24) is 0 Å².